The van der Waals surface area contributed by atoms with Crippen molar-refractivity contribution in [2.75, 3.05) is 31.1 Å². The van der Waals surface area contributed by atoms with Crippen LogP contribution in [0.4, 0.5) is 17.1 Å². The average molecular weight is 473 g/mol. The van der Waals surface area contributed by atoms with Crippen molar-refractivity contribution >= 4 is 28.8 Å². The van der Waals surface area contributed by atoms with Crippen LogP contribution in [0, 0.1) is 10.1 Å². The van der Waals surface area contributed by atoms with Crippen LogP contribution in [0.3, 0.4) is 0 Å². The van der Waals surface area contributed by atoms with E-state index in [1.807, 2.05) is 35.2 Å². The first-order chi connectivity index (χ1) is 17.0. The molecule has 1 amide bonds. The van der Waals surface area contributed by atoms with Gasteiger partial charge in [0.25, 0.3) is 11.6 Å². The number of hydrazone groups is 1. The molecule has 10 heteroatoms. The summed E-state index contributed by atoms with van der Waals surface area (Å²) < 4.78 is 11.0. The predicted molar refractivity (Wildman–Crippen MR) is 131 cm³/mol. The van der Waals surface area contributed by atoms with Crippen LogP contribution in [0.2, 0.25) is 0 Å². The Hall–Kier alpha value is -4.60. The number of carbonyl (C=O) groups is 1. The molecule has 3 aromatic rings. The zero-order chi connectivity index (χ0) is 24.5. The summed E-state index contributed by atoms with van der Waals surface area (Å²) in [5, 5.41) is 20.6. The number of nitrogens with one attached hydrogen (secondary N) is 1. The number of fused-ring (bicyclic) bond motifs is 3. The van der Waals surface area contributed by atoms with E-state index < -0.39 is 11.1 Å². The molecule has 0 spiro atoms. The molecule has 0 saturated heterocycles. The Kier molecular flexibility index (Phi) is 5.69. The molecule has 1 atom stereocenters. The van der Waals surface area contributed by atoms with Crippen LogP contribution in [0.5, 0.6) is 11.5 Å². The van der Waals surface area contributed by atoms with E-state index in [2.05, 4.69) is 10.4 Å². The highest BCUT2D eigenvalue weighted by atomic mass is 16.6. The number of benzene rings is 3. The van der Waals surface area contributed by atoms with Gasteiger partial charge in [-0.1, -0.05) is 24.3 Å². The standard InChI is InChI=1S/C25H23N5O5/c1-34-21-13-16-11-12-28-23(24(31)26-17-7-4-3-5-8-17)27-29(25(28)20(16)15-22(21)35-2)18-9-6-10-19(14-18)30(32)33/h3-10,13-15,25H,11-12H2,1-2H3,(H,26,31). The number of hydrogen-bond acceptors (Lipinski definition) is 8. The fourth-order valence-corrected chi connectivity index (χ4v) is 4.46. The van der Waals surface area contributed by atoms with Gasteiger partial charge in [-0.15, -0.1) is 5.10 Å². The Balaban J connectivity index is 1.60. The number of nitrogens with zero attached hydrogens (tertiary/aromatic N) is 4. The molecule has 0 radical (unpaired) electrons. The van der Waals surface area contributed by atoms with E-state index in [1.54, 1.807) is 43.5 Å². The first-order valence-corrected chi connectivity index (χ1v) is 11.0. The summed E-state index contributed by atoms with van der Waals surface area (Å²) in [7, 11) is 3.15. The minimum absolute atomic E-state index is 0.0604. The molecule has 35 heavy (non-hydrogen) atoms. The third-order valence-corrected chi connectivity index (χ3v) is 6.09. The number of methoxy groups -OCH3 is 2. The fraction of sp³-hybridized carbons (Fsp3) is 0.200. The molecular formula is C25H23N5O5. The SMILES string of the molecule is COc1cc2c(cc1OC)C1N(CC2)C(C(=O)Nc2ccccc2)=NN1c1cccc([N+](=O)[O-])c1. The van der Waals surface area contributed by atoms with Crippen molar-refractivity contribution in [2.45, 2.75) is 12.6 Å². The van der Waals surface area contributed by atoms with Crippen LogP contribution in [0.25, 0.3) is 0 Å². The van der Waals surface area contributed by atoms with E-state index in [9.17, 15) is 14.9 Å². The van der Waals surface area contributed by atoms with E-state index in [0.717, 1.165) is 11.1 Å². The van der Waals surface area contributed by atoms with E-state index >= 15 is 0 Å². The molecule has 0 saturated carbocycles. The van der Waals surface area contributed by atoms with Gasteiger partial charge in [-0.2, -0.15) is 0 Å². The van der Waals surface area contributed by atoms with Gasteiger partial charge in [-0.05, 0) is 42.3 Å². The van der Waals surface area contributed by atoms with Crippen LogP contribution in [-0.4, -0.2) is 42.3 Å². The molecular weight excluding hydrogens is 450 g/mol. The van der Waals surface area contributed by atoms with Gasteiger partial charge in [0.15, 0.2) is 17.7 Å². The number of ether oxygens (including phenoxy) is 2. The largest absolute Gasteiger partial charge is 0.493 e. The van der Waals surface area contributed by atoms with Gasteiger partial charge in [0.1, 0.15) is 0 Å². The van der Waals surface area contributed by atoms with Crippen LogP contribution >= 0.6 is 0 Å². The summed E-state index contributed by atoms with van der Waals surface area (Å²) in [4.78, 5) is 26.2. The second-order valence-corrected chi connectivity index (χ2v) is 8.09. The van der Waals surface area contributed by atoms with Crippen LogP contribution in [0.1, 0.15) is 17.3 Å². The van der Waals surface area contributed by atoms with E-state index in [1.165, 1.54) is 12.1 Å². The first kappa shape index (κ1) is 22.2. The lowest BCUT2D eigenvalue weighted by atomic mass is 9.95. The van der Waals surface area contributed by atoms with Gasteiger partial charge in [-0.3, -0.25) is 14.9 Å². The Bertz CT molecular complexity index is 1330. The van der Waals surface area contributed by atoms with Gasteiger partial charge in [0.05, 0.1) is 24.8 Å². The molecule has 0 aromatic heterocycles. The van der Waals surface area contributed by atoms with Crippen molar-refractivity contribution in [3.63, 3.8) is 0 Å². The van der Waals surface area contributed by atoms with Crippen molar-refractivity contribution in [1.82, 2.24) is 4.90 Å². The molecule has 1 N–H and O–H groups in total. The van der Waals surface area contributed by atoms with E-state index in [0.29, 0.717) is 35.8 Å². The summed E-state index contributed by atoms with van der Waals surface area (Å²) in [6.45, 7) is 0.527. The predicted octanol–water partition coefficient (Wildman–Crippen LogP) is 3.94. The Labute approximate surface area is 201 Å². The molecule has 178 valence electrons. The highest BCUT2D eigenvalue weighted by Crippen LogP contribution is 2.44. The number of non-ortho nitro benzene ring substituents is 1. The van der Waals surface area contributed by atoms with Gasteiger partial charge in [0.2, 0.25) is 5.84 Å². The molecule has 10 nitrogen and oxygen atoms in total. The molecule has 5 rings (SSSR count). The molecule has 2 aliphatic rings. The smallest absolute Gasteiger partial charge is 0.293 e. The van der Waals surface area contributed by atoms with Gasteiger partial charge >= 0.3 is 0 Å². The lowest BCUT2D eigenvalue weighted by Gasteiger charge is -2.37. The lowest BCUT2D eigenvalue weighted by molar-refractivity contribution is -0.384. The third kappa shape index (κ3) is 3.99. The topological polar surface area (TPSA) is 110 Å². The van der Waals surface area contributed by atoms with Crippen LogP contribution in [0.15, 0.2) is 71.8 Å². The van der Waals surface area contributed by atoms with Crippen LogP contribution < -0.4 is 19.8 Å². The Morgan fingerprint density at radius 2 is 1.80 bits per heavy atom. The van der Waals surface area contributed by atoms with E-state index in [-0.39, 0.29) is 17.4 Å². The van der Waals surface area contributed by atoms with Gasteiger partial charge in [0, 0.05) is 29.9 Å². The number of amides is 1. The van der Waals surface area contributed by atoms with Crippen molar-refractivity contribution in [1.29, 1.82) is 0 Å². The second-order valence-electron chi connectivity index (χ2n) is 8.09. The average Bonchev–Trinajstić information content (AvgIpc) is 3.29. The zero-order valence-electron chi connectivity index (χ0n) is 19.2. The summed E-state index contributed by atoms with van der Waals surface area (Å²) in [5.41, 5.74) is 2.99. The monoisotopic (exact) mass is 473 g/mol. The van der Waals surface area contributed by atoms with Crippen LogP contribution in [-0.2, 0) is 11.2 Å². The number of carbonyl (C=O) groups excluding carboxylic acids is 1. The summed E-state index contributed by atoms with van der Waals surface area (Å²) in [6.07, 6.45) is 0.171. The fourth-order valence-electron chi connectivity index (χ4n) is 4.46. The Morgan fingerprint density at radius 3 is 2.51 bits per heavy atom. The second kappa shape index (κ2) is 8.98. The molecule has 1 unspecified atom stereocenters. The molecule has 0 fully saturated rings. The van der Waals surface area contributed by atoms with Crippen molar-refractivity contribution in [3.8, 4) is 11.5 Å². The number of rotatable bonds is 6. The quantitative estimate of drug-likeness (QED) is 0.427. The van der Waals surface area contributed by atoms with Crippen molar-refractivity contribution in [3.05, 3.63) is 88.0 Å². The number of hydrogen-bond donors (Lipinski definition) is 1. The van der Waals surface area contributed by atoms with Gasteiger partial charge in [-0.25, -0.2) is 5.01 Å². The molecule has 2 aliphatic heterocycles. The minimum atomic E-state index is -0.489. The molecule has 2 heterocycles. The number of para-hydroxylation sites is 1. The summed E-state index contributed by atoms with van der Waals surface area (Å²) in [5.74, 6) is 1.03. The summed E-state index contributed by atoms with van der Waals surface area (Å²) in [6, 6.07) is 19.2. The number of nitro groups is 1. The third-order valence-electron chi connectivity index (χ3n) is 6.09. The number of amidine groups is 1. The highest BCUT2D eigenvalue weighted by Gasteiger charge is 2.43. The Morgan fingerprint density at radius 1 is 1.06 bits per heavy atom. The van der Waals surface area contributed by atoms with E-state index in [4.69, 9.17) is 9.47 Å². The highest BCUT2D eigenvalue weighted by molar-refractivity contribution is 6.42. The first-order valence-electron chi connectivity index (χ1n) is 11.0. The zero-order valence-corrected chi connectivity index (χ0v) is 19.2. The van der Waals surface area contributed by atoms with Crippen molar-refractivity contribution in [2.24, 2.45) is 5.10 Å². The molecule has 0 bridgehead atoms. The van der Waals surface area contributed by atoms with Gasteiger partial charge < -0.3 is 19.7 Å². The normalized spacial score (nSPS) is 16.2. The maximum atomic E-state index is 13.3. The maximum Gasteiger partial charge on any atom is 0.293 e. The number of anilines is 2. The number of nitro benzene ring substituents is 1. The lowest BCUT2D eigenvalue weighted by Crippen LogP contribution is -2.44. The summed E-state index contributed by atoms with van der Waals surface area (Å²) >= 11 is 0. The molecule has 3 aromatic carbocycles. The minimum Gasteiger partial charge on any atom is -0.493 e. The maximum absolute atomic E-state index is 13.3. The van der Waals surface area contributed by atoms with Crippen molar-refractivity contribution < 1.29 is 19.2 Å². The molecule has 0 aliphatic carbocycles.